The summed E-state index contributed by atoms with van der Waals surface area (Å²) in [5.74, 6) is -0.108. The Morgan fingerprint density at radius 1 is 1.00 bits per heavy atom. The lowest BCUT2D eigenvalue weighted by molar-refractivity contribution is 0.103. The van der Waals surface area contributed by atoms with Crippen LogP contribution in [-0.2, 0) is 0 Å². The van der Waals surface area contributed by atoms with Gasteiger partial charge in [-0.3, -0.25) is 4.79 Å². The summed E-state index contributed by atoms with van der Waals surface area (Å²) in [4.78, 5) is 24.1. The lowest BCUT2D eigenvalue weighted by atomic mass is 10.0. The quantitative estimate of drug-likeness (QED) is 0.842. The summed E-state index contributed by atoms with van der Waals surface area (Å²) in [6.07, 6.45) is 2.06. The van der Waals surface area contributed by atoms with Gasteiger partial charge in [0.2, 0.25) is 0 Å². The Balaban J connectivity index is 1.73. The van der Waals surface area contributed by atoms with Gasteiger partial charge in [0.25, 0.3) is 0 Å². The molecular weight excluding hydrogens is 300 g/mol. The van der Waals surface area contributed by atoms with E-state index in [0.717, 1.165) is 12.8 Å². The van der Waals surface area contributed by atoms with E-state index in [2.05, 4.69) is 10.6 Å². The van der Waals surface area contributed by atoms with Crippen molar-refractivity contribution in [3.05, 3.63) is 64.7 Å². The van der Waals surface area contributed by atoms with E-state index in [1.807, 2.05) is 0 Å². The zero-order valence-electron chi connectivity index (χ0n) is 11.8. The van der Waals surface area contributed by atoms with Crippen molar-refractivity contribution >= 4 is 29.1 Å². The number of hydrogen-bond acceptors (Lipinski definition) is 2. The van der Waals surface area contributed by atoms with E-state index >= 15 is 0 Å². The van der Waals surface area contributed by atoms with Crippen molar-refractivity contribution in [3.63, 3.8) is 0 Å². The number of nitrogens with one attached hydrogen (secondary N) is 2. The molecule has 22 heavy (non-hydrogen) atoms. The number of rotatable bonds is 4. The Kier molecular flexibility index (Phi) is 4.11. The molecule has 2 N–H and O–H groups in total. The van der Waals surface area contributed by atoms with Crippen LogP contribution in [0.2, 0.25) is 5.02 Å². The maximum atomic E-state index is 12.4. The van der Waals surface area contributed by atoms with Gasteiger partial charge in [-0.15, -0.1) is 0 Å². The molecule has 2 aromatic carbocycles. The summed E-state index contributed by atoms with van der Waals surface area (Å²) in [7, 11) is 0. The van der Waals surface area contributed by atoms with E-state index in [1.165, 1.54) is 0 Å². The average molecular weight is 315 g/mol. The molecule has 4 nitrogen and oxygen atoms in total. The van der Waals surface area contributed by atoms with Gasteiger partial charge in [0, 0.05) is 27.9 Å². The largest absolute Gasteiger partial charge is 0.335 e. The number of carbonyl (C=O) groups is 2. The highest BCUT2D eigenvalue weighted by Crippen LogP contribution is 2.20. The maximum absolute atomic E-state index is 12.4. The van der Waals surface area contributed by atoms with Crippen LogP contribution < -0.4 is 10.6 Å². The number of benzene rings is 2. The first-order chi connectivity index (χ1) is 10.6. The SMILES string of the molecule is O=C(Nc1cccc(C(=O)c2ccc(Cl)cc2)c1)NC1CC1. The number of carbonyl (C=O) groups excluding carboxylic acids is 2. The Labute approximate surface area is 133 Å². The summed E-state index contributed by atoms with van der Waals surface area (Å²) in [5.41, 5.74) is 1.67. The second kappa shape index (κ2) is 6.20. The van der Waals surface area contributed by atoms with Crippen molar-refractivity contribution in [2.24, 2.45) is 0 Å². The first-order valence-electron chi connectivity index (χ1n) is 7.10. The fourth-order valence-corrected chi connectivity index (χ4v) is 2.21. The van der Waals surface area contributed by atoms with Crippen molar-refractivity contribution in [2.75, 3.05) is 5.32 Å². The zero-order valence-corrected chi connectivity index (χ0v) is 12.6. The van der Waals surface area contributed by atoms with Crippen LogP contribution in [0.15, 0.2) is 48.5 Å². The average Bonchev–Trinajstić information content (AvgIpc) is 3.31. The fraction of sp³-hybridized carbons (Fsp3) is 0.176. The molecule has 0 heterocycles. The van der Waals surface area contributed by atoms with Crippen LogP contribution >= 0.6 is 11.6 Å². The van der Waals surface area contributed by atoms with Gasteiger partial charge in [0.05, 0.1) is 0 Å². The number of amides is 2. The molecule has 2 amide bonds. The molecule has 0 radical (unpaired) electrons. The van der Waals surface area contributed by atoms with Crippen LogP contribution in [0.4, 0.5) is 10.5 Å². The van der Waals surface area contributed by atoms with E-state index in [1.54, 1.807) is 48.5 Å². The van der Waals surface area contributed by atoms with Crippen LogP contribution in [0.3, 0.4) is 0 Å². The first-order valence-corrected chi connectivity index (χ1v) is 7.47. The van der Waals surface area contributed by atoms with Gasteiger partial charge in [0.1, 0.15) is 0 Å². The Bertz CT molecular complexity index is 709. The van der Waals surface area contributed by atoms with Gasteiger partial charge in [-0.2, -0.15) is 0 Å². The minimum atomic E-state index is -0.237. The van der Waals surface area contributed by atoms with Crippen molar-refractivity contribution < 1.29 is 9.59 Å². The molecule has 2 aromatic rings. The standard InChI is InChI=1S/C17H15ClN2O2/c18-13-6-4-11(5-7-13)16(21)12-2-1-3-15(10-12)20-17(22)19-14-8-9-14/h1-7,10,14H,8-9H2,(H2,19,20,22). The Hall–Kier alpha value is -2.33. The molecule has 1 aliphatic rings. The van der Waals surface area contributed by atoms with Gasteiger partial charge < -0.3 is 10.6 Å². The van der Waals surface area contributed by atoms with Crippen LogP contribution in [0.25, 0.3) is 0 Å². The summed E-state index contributed by atoms with van der Waals surface area (Å²) in [6, 6.07) is 13.7. The third-order valence-electron chi connectivity index (χ3n) is 3.40. The monoisotopic (exact) mass is 314 g/mol. The molecular formula is C17H15ClN2O2. The van der Waals surface area contributed by atoms with Crippen molar-refractivity contribution in [3.8, 4) is 0 Å². The second-order valence-electron chi connectivity index (χ2n) is 5.29. The van der Waals surface area contributed by atoms with Crippen LogP contribution in [0.1, 0.15) is 28.8 Å². The van der Waals surface area contributed by atoms with Crippen molar-refractivity contribution in [1.29, 1.82) is 0 Å². The molecule has 0 unspecified atom stereocenters. The molecule has 1 aliphatic carbocycles. The zero-order chi connectivity index (χ0) is 15.5. The summed E-state index contributed by atoms with van der Waals surface area (Å²) in [6.45, 7) is 0. The molecule has 0 saturated heterocycles. The minimum Gasteiger partial charge on any atom is -0.335 e. The number of halogens is 1. The van der Waals surface area contributed by atoms with E-state index in [4.69, 9.17) is 11.6 Å². The molecule has 0 spiro atoms. The first kappa shape index (κ1) is 14.6. The summed E-state index contributed by atoms with van der Waals surface area (Å²) < 4.78 is 0. The fourth-order valence-electron chi connectivity index (χ4n) is 2.09. The lowest BCUT2D eigenvalue weighted by Gasteiger charge is -2.08. The molecule has 0 aromatic heterocycles. The van der Waals surface area contributed by atoms with Crippen LogP contribution in [0, 0.1) is 0 Å². The molecule has 5 heteroatoms. The smallest absolute Gasteiger partial charge is 0.319 e. The van der Waals surface area contributed by atoms with Gasteiger partial charge >= 0.3 is 6.03 Å². The normalized spacial score (nSPS) is 13.5. The summed E-state index contributed by atoms with van der Waals surface area (Å²) in [5, 5.41) is 6.17. The van der Waals surface area contributed by atoms with E-state index < -0.39 is 0 Å². The third-order valence-corrected chi connectivity index (χ3v) is 3.65. The third kappa shape index (κ3) is 3.65. The highest BCUT2D eigenvalue weighted by Gasteiger charge is 2.23. The predicted molar refractivity (Wildman–Crippen MR) is 86.5 cm³/mol. The van der Waals surface area contributed by atoms with Crippen molar-refractivity contribution in [2.45, 2.75) is 18.9 Å². The number of hydrogen-bond donors (Lipinski definition) is 2. The maximum Gasteiger partial charge on any atom is 0.319 e. The molecule has 1 saturated carbocycles. The lowest BCUT2D eigenvalue weighted by Crippen LogP contribution is -2.30. The molecule has 3 rings (SSSR count). The molecule has 112 valence electrons. The van der Waals surface area contributed by atoms with E-state index in [9.17, 15) is 9.59 Å². The number of anilines is 1. The van der Waals surface area contributed by atoms with Gasteiger partial charge in [-0.1, -0.05) is 23.7 Å². The van der Waals surface area contributed by atoms with E-state index in [0.29, 0.717) is 27.9 Å². The molecule has 0 atom stereocenters. The Morgan fingerprint density at radius 2 is 1.73 bits per heavy atom. The highest BCUT2D eigenvalue weighted by molar-refractivity contribution is 6.30. The highest BCUT2D eigenvalue weighted by atomic mass is 35.5. The van der Waals surface area contributed by atoms with Crippen LogP contribution in [-0.4, -0.2) is 17.9 Å². The van der Waals surface area contributed by atoms with Crippen LogP contribution in [0.5, 0.6) is 0 Å². The second-order valence-corrected chi connectivity index (χ2v) is 5.73. The number of urea groups is 1. The van der Waals surface area contributed by atoms with Crippen molar-refractivity contribution in [1.82, 2.24) is 5.32 Å². The molecule has 0 bridgehead atoms. The number of ketones is 1. The Morgan fingerprint density at radius 3 is 2.41 bits per heavy atom. The predicted octanol–water partition coefficient (Wildman–Crippen LogP) is 3.85. The summed E-state index contributed by atoms with van der Waals surface area (Å²) >= 11 is 5.83. The topological polar surface area (TPSA) is 58.2 Å². The van der Waals surface area contributed by atoms with Gasteiger partial charge in [0.15, 0.2) is 5.78 Å². The molecule has 1 fully saturated rings. The van der Waals surface area contributed by atoms with Gasteiger partial charge in [-0.05, 0) is 49.2 Å². The minimum absolute atomic E-state index is 0.108. The van der Waals surface area contributed by atoms with E-state index in [-0.39, 0.29) is 11.8 Å². The van der Waals surface area contributed by atoms with Gasteiger partial charge in [-0.25, -0.2) is 4.79 Å². The molecule has 0 aliphatic heterocycles.